The van der Waals surface area contributed by atoms with E-state index in [9.17, 15) is 33.7 Å². The van der Waals surface area contributed by atoms with Crippen LogP contribution in [0.5, 0.6) is 0 Å². The number of ether oxygens (including phenoxy) is 1. The van der Waals surface area contributed by atoms with Crippen molar-refractivity contribution >= 4 is 65.3 Å². The van der Waals surface area contributed by atoms with Crippen LogP contribution in [0.25, 0.3) is 11.2 Å². The maximum Gasteiger partial charge on any atom is 0.490 e. The number of nitrogens with zero attached hydrogens (tertiary/aromatic N) is 4. The number of unbranched alkanes of at least 4 members (excludes halogenated alkanes) is 3. The van der Waals surface area contributed by atoms with E-state index in [0.29, 0.717) is 13.1 Å². The van der Waals surface area contributed by atoms with Crippen LogP contribution in [-0.4, -0.2) is 106 Å². The van der Waals surface area contributed by atoms with E-state index >= 15 is 0 Å². The fourth-order valence-corrected chi connectivity index (χ4v) is 6.70. The molecule has 20 nitrogen and oxygen atoms in total. The zero-order valence-corrected chi connectivity index (χ0v) is 23.8. The summed E-state index contributed by atoms with van der Waals surface area (Å²) < 4.78 is 53.1. The molecule has 1 saturated heterocycles. The number of aliphatic hydroxyl groups excluding tert-OH is 2. The van der Waals surface area contributed by atoms with Crippen molar-refractivity contribution in [2.45, 2.75) is 50.2 Å². The molecule has 6 atom stereocenters. The number of imidazole rings is 1. The topological polar surface area (TPSA) is 317 Å². The van der Waals surface area contributed by atoms with Gasteiger partial charge in [-0.25, -0.2) is 28.6 Å². The summed E-state index contributed by atoms with van der Waals surface area (Å²) in [6.07, 6.45) is -1.64. The number of anilines is 2. The number of aromatic nitrogens is 4. The van der Waals surface area contributed by atoms with Crippen molar-refractivity contribution < 1.29 is 61.4 Å². The summed E-state index contributed by atoms with van der Waals surface area (Å²) in [6.45, 7) is 0.0672. The zero-order valence-electron chi connectivity index (χ0n) is 21.2. The maximum atomic E-state index is 12.0. The summed E-state index contributed by atoms with van der Waals surface area (Å²) in [5, 5.41) is 24.3. The number of aliphatic hydroxyl groups is 2. The van der Waals surface area contributed by atoms with E-state index in [1.807, 2.05) is 0 Å². The summed E-state index contributed by atoms with van der Waals surface area (Å²) >= 11 is 0. The van der Waals surface area contributed by atoms with Gasteiger partial charge in [0.2, 0.25) is 5.95 Å². The van der Waals surface area contributed by atoms with Crippen LogP contribution in [0.1, 0.15) is 31.9 Å². The molecule has 223 valence electrons. The number of hydrogen-bond donors (Lipinski definition) is 9. The Balaban J connectivity index is 0.00000560. The van der Waals surface area contributed by atoms with Gasteiger partial charge >= 0.3 is 23.5 Å². The molecule has 0 spiro atoms. The van der Waals surface area contributed by atoms with E-state index in [-0.39, 0.29) is 41.8 Å². The number of hydrogen-bond acceptors (Lipinski definition) is 15. The molecule has 2 aromatic rings. The monoisotopic (exact) mass is 628 g/mol. The molecule has 0 bridgehead atoms. The Labute approximate surface area is 239 Å². The Morgan fingerprint density at radius 3 is 2.33 bits per heavy atom. The van der Waals surface area contributed by atoms with Crippen LogP contribution >= 0.6 is 23.5 Å². The molecule has 1 fully saturated rings. The average molecular weight is 628 g/mol. The fourth-order valence-electron chi connectivity index (χ4n) is 3.67. The quantitative estimate of drug-likeness (QED) is 0.0643. The molecule has 0 aliphatic carbocycles. The van der Waals surface area contributed by atoms with E-state index in [0.717, 1.165) is 32.0 Å². The first-order chi connectivity index (χ1) is 18.1. The van der Waals surface area contributed by atoms with Gasteiger partial charge < -0.3 is 51.3 Å². The van der Waals surface area contributed by atoms with E-state index in [2.05, 4.69) is 33.4 Å². The molecule has 3 heterocycles. The van der Waals surface area contributed by atoms with Crippen LogP contribution in [0.15, 0.2) is 6.33 Å². The first-order valence-electron chi connectivity index (χ1n) is 11.4. The summed E-state index contributed by atoms with van der Waals surface area (Å²) in [6, 6.07) is 0. The van der Waals surface area contributed by atoms with Crippen molar-refractivity contribution in [3.05, 3.63) is 6.33 Å². The number of nitrogen functional groups attached to an aromatic ring is 1. The van der Waals surface area contributed by atoms with E-state index in [4.69, 9.17) is 26.0 Å². The second kappa shape index (κ2) is 14.4. The molecular formula is C16H30LiN7O13P3. The van der Waals surface area contributed by atoms with Crippen molar-refractivity contribution in [1.29, 1.82) is 0 Å². The predicted molar refractivity (Wildman–Crippen MR) is 137 cm³/mol. The molecule has 1 aliphatic rings. The van der Waals surface area contributed by atoms with Gasteiger partial charge in [0, 0.05) is 25.4 Å². The number of phosphoric ester groups is 1. The summed E-state index contributed by atoms with van der Waals surface area (Å²) in [5.41, 5.74) is 11.7. The minimum absolute atomic E-state index is 0. The van der Waals surface area contributed by atoms with Gasteiger partial charge in [-0.2, -0.15) is 8.62 Å². The molecule has 0 amide bonds. The Kier molecular flexibility index (Phi) is 12.7. The van der Waals surface area contributed by atoms with Crippen LogP contribution in [0.2, 0.25) is 0 Å². The number of rotatable bonds is 15. The molecule has 0 saturated carbocycles. The first kappa shape index (κ1) is 35.2. The maximum absolute atomic E-state index is 12.0. The second-order valence-corrected chi connectivity index (χ2v) is 12.7. The van der Waals surface area contributed by atoms with Gasteiger partial charge in [-0.15, -0.1) is 0 Å². The van der Waals surface area contributed by atoms with Gasteiger partial charge in [-0.05, 0) is 19.4 Å². The molecule has 0 aromatic carbocycles. The summed E-state index contributed by atoms with van der Waals surface area (Å²) in [5.74, 6) is 0.197. The Bertz CT molecular complexity index is 1280. The molecule has 3 rings (SSSR count). The normalized spacial score (nSPS) is 24.4. The van der Waals surface area contributed by atoms with Gasteiger partial charge in [0.1, 0.15) is 24.6 Å². The van der Waals surface area contributed by atoms with E-state index < -0.39 is 54.6 Å². The van der Waals surface area contributed by atoms with Crippen LogP contribution < -0.4 is 16.8 Å². The molecule has 6 unspecified atom stereocenters. The molecule has 1 radical (unpaired) electrons. The third-order valence-electron chi connectivity index (χ3n) is 5.33. The average Bonchev–Trinajstić information content (AvgIpc) is 3.30. The van der Waals surface area contributed by atoms with Crippen molar-refractivity contribution in [3.8, 4) is 0 Å². The van der Waals surface area contributed by atoms with Crippen LogP contribution in [0.4, 0.5) is 11.8 Å². The van der Waals surface area contributed by atoms with Gasteiger partial charge in [0.05, 0.1) is 6.61 Å². The molecule has 24 heteroatoms. The van der Waals surface area contributed by atoms with E-state index in [1.54, 1.807) is 0 Å². The molecule has 11 N–H and O–H groups in total. The van der Waals surface area contributed by atoms with Gasteiger partial charge in [0.15, 0.2) is 23.2 Å². The Morgan fingerprint density at radius 1 is 1.00 bits per heavy atom. The largest absolute Gasteiger partial charge is 0.490 e. The van der Waals surface area contributed by atoms with E-state index in [1.165, 1.54) is 4.57 Å². The van der Waals surface area contributed by atoms with Gasteiger partial charge in [0.25, 0.3) is 0 Å². The second-order valence-electron chi connectivity index (χ2n) is 8.30. The number of phosphoric acid groups is 3. The SMILES string of the molecule is NCCCCCCNc1nc2c(N)ncnc2n1C1OC(COP(=O)(O)OP(=O)(O)OP(=O)(O)O)C(O)C1O.[Li]. The Hall–Kier alpha value is -1.00. The van der Waals surface area contributed by atoms with Crippen LogP contribution in [0, 0.1) is 0 Å². The molecular weight excluding hydrogens is 598 g/mol. The minimum Gasteiger partial charge on any atom is -0.387 e. The van der Waals surface area contributed by atoms with Crippen LogP contribution in [0.3, 0.4) is 0 Å². The fraction of sp³-hybridized carbons (Fsp3) is 0.688. The van der Waals surface area contributed by atoms with Crippen molar-refractivity contribution in [2.24, 2.45) is 5.73 Å². The summed E-state index contributed by atoms with van der Waals surface area (Å²) in [4.78, 5) is 48.5. The smallest absolute Gasteiger partial charge is 0.387 e. The first-order valence-corrected chi connectivity index (χ1v) is 15.9. The molecule has 2 aromatic heterocycles. The summed E-state index contributed by atoms with van der Waals surface area (Å²) in [7, 11) is -16.8. The van der Waals surface area contributed by atoms with Gasteiger partial charge in [-0.1, -0.05) is 12.8 Å². The molecule has 40 heavy (non-hydrogen) atoms. The van der Waals surface area contributed by atoms with Crippen molar-refractivity contribution in [3.63, 3.8) is 0 Å². The standard InChI is InChI=1S/C16H30N7O13P3.Li/c17-5-3-1-2-4-6-19-16-22-10-13(18)20-8-21-14(10)23(16)15-12(25)11(24)9(34-15)7-33-38(29,30)36-39(31,32)35-37(26,27)28;/h8-9,11-12,15,24-25H,1-7,17H2,(H,19,22)(H,29,30)(H,31,32)(H2,18,20,21)(H2,26,27,28);. The van der Waals surface area contributed by atoms with Gasteiger partial charge in [-0.3, -0.25) is 9.09 Å². The minimum atomic E-state index is -5.74. The Morgan fingerprint density at radius 2 is 1.68 bits per heavy atom. The van der Waals surface area contributed by atoms with Crippen molar-refractivity contribution in [2.75, 3.05) is 30.7 Å². The zero-order chi connectivity index (χ0) is 29.0. The molecule has 1 aliphatic heterocycles. The number of fused-ring (bicyclic) bond motifs is 1. The van der Waals surface area contributed by atoms with Crippen molar-refractivity contribution in [1.82, 2.24) is 19.5 Å². The number of nitrogens with two attached hydrogens (primary N) is 2. The predicted octanol–water partition coefficient (Wildman–Crippen LogP) is -1.08. The third-order valence-corrected chi connectivity index (χ3v) is 9.13. The van der Waals surface area contributed by atoms with Crippen LogP contribution in [-0.2, 0) is 31.6 Å². The third kappa shape index (κ3) is 9.51. The number of nitrogens with one attached hydrogen (secondary N) is 1.